The maximum atomic E-state index is 2.57. The zero-order valence-corrected chi connectivity index (χ0v) is 24.9. The van der Waals surface area contributed by atoms with Gasteiger partial charge >= 0.3 is 0 Å². The highest BCUT2D eigenvalue weighted by Crippen LogP contribution is 2.14. The van der Waals surface area contributed by atoms with Crippen LogP contribution in [0.4, 0.5) is 0 Å². The molecule has 0 saturated carbocycles. The molecule has 0 radical (unpaired) electrons. The van der Waals surface area contributed by atoms with Gasteiger partial charge in [0.25, 0.3) is 5.82 Å². The van der Waals surface area contributed by atoms with E-state index in [1.807, 2.05) is 0 Å². The molecule has 2 heteroatoms. The normalized spacial score (nSPS) is 11.4. The predicted molar refractivity (Wildman–Crippen MR) is 162 cm³/mol. The predicted octanol–water partition coefficient (Wildman–Crippen LogP) is 10.6. The molecule has 1 heterocycles. The lowest BCUT2D eigenvalue weighted by Gasteiger charge is -2.07. The lowest BCUT2D eigenvalue weighted by Crippen LogP contribution is -2.37. The summed E-state index contributed by atoms with van der Waals surface area (Å²) < 4.78 is 5.08. The van der Waals surface area contributed by atoms with Crippen LogP contribution in [0.2, 0.25) is 0 Å². The summed E-state index contributed by atoms with van der Waals surface area (Å²) in [4.78, 5) is 0. The van der Waals surface area contributed by atoms with Crippen molar-refractivity contribution in [3.8, 4) is 0 Å². The Hall–Kier alpha value is -1.57. The van der Waals surface area contributed by atoms with Crippen molar-refractivity contribution in [3.63, 3.8) is 0 Å². The van der Waals surface area contributed by atoms with Gasteiger partial charge in [-0.2, -0.15) is 0 Å². The van der Waals surface area contributed by atoms with Crippen LogP contribution in [-0.4, -0.2) is 4.57 Å². The maximum absolute atomic E-state index is 2.57. The Kier molecular flexibility index (Phi) is 19.2. The van der Waals surface area contributed by atoms with Crippen molar-refractivity contribution in [2.24, 2.45) is 0 Å². The van der Waals surface area contributed by atoms with E-state index >= 15 is 0 Å². The molecular weight excluding hydrogens is 448 g/mol. The van der Waals surface area contributed by atoms with Gasteiger partial charge in [0.15, 0.2) is 0 Å². The Morgan fingerprint density at radius 3 is 1.51 bits per heavy atom. The molecule has 1 aromatic carbocycles. The molecule has 1 aromatic heterocycles. The highest BCUT2D eigenvalue weighted by Gasteiger charge is 2.17. The monoisotopic (exact) mass is 509 g/mol. The van der Waals surface area contributed by atoms with E-state index in [4.69, 9.17) is 0 Å². The van der Waals surface area contributed by atoms with Crippen molar-refractivity contribution in [2.75, 3.05) is 0 Å². The van der Waals surface area contributed by atoms with Gasteiger partial charge < -0.3 is 0 Å². The summed E-state index contributed by atoms with van der Waals surface area (Å²) in [5.41, 5.74) is 1.41. The Labute approximate surface area is 231 Å². The number of imidazole rings is 1. The summed E-state index contributed by atoms with van der Waals surface area (Å²) in [5, 5.41) is 0. The first kappa shape index (κ1) is 31.6. The third-order valence-electron chi connectivity index (χ3n) is 8.04. The molecule has 0 fully saturated rings. The number of hydrogen-bond donors (Lipinski definition) is 0. The molecule has 0 N–H and O–H groups in total. The molecule has 37 heavy (non-hydrogen) atoms. The lowest BCUT2D eigenvalue weighted by atomic mass is 10.0. The minimum atomic E-state index is 0.999. The number of rotatable bonds is 25. The summed E-state index contributed by atoms with van der Waals surface area (Å²) in [6.07, 6.45) is 35.5. The van der Waals surface area contributed by atoms with E-state index in [1.165, 1.54) is 159 Å². The summed E-state index contributed by atoms with van der Waals surface area (Å²) in [5.74, 6) is 1.54. The van der Waals surface area contributed by atoms with Crippen LogP contribution in [0.1, 0.15) is 160 Å². The Balaban J connectivity index is 1.66. The average Bonchev–Trinajstić information content (AvgIpc) is 3.29. The van der Waals surface area contributed by atoms with Crippen molar-refractivity contribution in [1.82, 2.24) is 4.57 Å². The fourth-order valence-electron chi connectivity index (χ4n) is 5.63. The first-order chi connectivity index (χ1) is 18.3. The first-order valence-corrected chi connectivity index (χ1v) is 16.5. The van der Waals surface area contributed by atoms with Gasteiger partial charge in [0.1, 0.15) is 18.9 Å². The zero-order chi connectivity index (χ0) is 26.2. The minimum Gasteiger partial charge on any atom is -0.234 e. The van der Waals surface area contributed by atoms with Gasteiger partial charge in [-0.1, -0.05) is 160 Å². The van der Waals surface area contributed by atoms with Crippen LogP contribution in [0.3, 0.4) is 0 Å². The van der Waals surface area contributed by atoms with E-state index in [0.29, 0.717) is 0 Å². The molecule has 0 spiro atoms. The minimum absolute atomic E-state index is 0.999. The second-order valence-corrected chi connectivity index (χ2v) is 11.5. The van der Waals surface area contributed by atoms with E-state index in [-0.39, 0.29) is 0 Å². The van der Waals surface area contributed by atoms with Crippen molar-refractivity contribution in [2.45, 2.75) is 168 Å². The largest absolute Gasteiger partial charge is 0.256 e. The quantitative estimate of drug-likeness (QED) is 0.0929. The van der Waals surface area contributed by atoms with Crippen LogP contribution in [0.25, 0.3) is 0 Å². The number of unbranched alkanes of at least 4 members (excludes halogenated alkanes) is 19. The highest BCUT2D eigenvalue weighted by molar-refractivity contribution is 5.15. The summed E-state index contributed by atoms with van der Waals surface area (Å²) in [6, 6.07) is 11.0. The third kappa shape index (κ3) is 15.4. The molecule has 0 atom stereocenters. The molecule has 210 valence electrons. The van der Waals surface area contributed by atoms with Gasteiger partial charge in [-0.3, -0.25) is 0 Å². The number of aromatic nitrogens is 2. The molecule has 0 bridgehead atoms. The van der Waals surface area contributed by atoms with Crippen LogP contribution >= 0.6 is 0 Å². The second-order valence-electron chi connectivity index (χ2n) is 11.5. The average molecular weight is 510 g/mol. The SMILES string of the molecule is CCCCCCCCCCCCCCC[n+]1ccn(Cc2ccccc2)c1CCCCCCCCCC. The van der Waals surface area contributed by atoms with Gasteiger partial charge in [-0.15, -0.1) is 0 Å². The molecule has 0 saturated heterocycles. The van der Waals surface area contributed by atoms with Crippen LogP contribution in [0.15, 0.2) is 42.7 Å². The fraction of sp³-hybridized carbons (Fsp3) is 0.743. The molecule has 2 aromatic rings. The van der Waals surface area contributed by atoms with Gasteiger partial charge in [0, 0.05) is 6.42 Å². The van der Waals surface area contributed by atoms with Crippen LogP contribution in [0.5, 0.6) is 0 Å². The van der Waals surface area contributed by atoms with Gasteiger partial charge in [-0.25, -0.2) is 9.13 Å². The third-order valence-corrected chi connectivity index (χ3v) is 8.04. The number of nitrogens with zero attached hydrogens (tertiary/aromatic N) is 2. The summed E-state index contributed by atoms with van der Waals surface area (Å²) in [7, 11) is 0. The molecular formula is C35H61N2+. The second kappa shape index (κ2) is 22.4. The van der Waals surface area contributed by atoms with E-state index < -0.39 is 0 Å². The molecule has 0 aliphatic heterocycles. The van der Waals surface area contributed by atoms with Crippen molar-refractivity contribution in [1.29, 1.82) is 0 Å². The van der Waals surface area contributed by atoms with Crippen LogP contribution < -0.4 is 4.57 Å². The van der Waals surface area contributed by atoms with Crippen LogP contribution in [-0.2, 0) is 19.5 Å². The Morgan fingerprint density at radius 2 is 1.00 bits per heavy atom. The number of aryl methyl sites for hydroxylation is 1. The lowest BCUT2D eigenvalue weighted by molar-refractivity contribution is -0.704. The van der Waals surface area contributed by atoms with E-state index in [1.54, 1.807) is 0 Å². The summed E-state index contributed by atoms with van der Waals surface area (Å²) >= 11 is 0. The van der Waals surface area contributed by atoms with Gasteiger partial charge in [0.05, 0.1) is 6.54 Å². The van der Waals surface area contributed by atoms with Gasteiger partial charge in [-0.05, 0) is 24.8 Å². The number of hydrogen-bond acceptors (Lipinski definition) is 0. The molecule has 2 rings (SSSR count). The van der Waals surface area contributed by atoms with Crippen LogP contribution in [0, 0.1) is 0 Å². The van der Waals surface area contributed by atoms with Crippen molar-refractivity contribution in [3.05, 3.63) is 54.1 Å². The molecule has 0 unspecified atom stereocenters. The Bertz CT molecular complexity index is 748. The standard InChI is InChI=1S/C35H61N2/c1-3-5-7-9-11-13-14-15-16-17-19-21-26-30-36-31-32-37(33-34-27-23-22-24-28-34)35(36)29-25-20-18-12-10-8-6-4-2/h22-24,27-28,31-32H,3-21,25-26,29-30,33H2,1-2H3/q+1. The zero-order valence-electron chi connectivity index (χ0n) is 24.9. The highest BCUT2D eigenvalue weighted by atomic mass is 15.1. The molecule has 0 aliphatic carbocycles. The first-order valence-electron chi connectivity index (χ1n) is 16.5. The molecule has 0 aliphatic rings. The Morgan fingerprint density at radius 1 is 0.541 bits per heavy atom. The molecule has 2 nitrogen and oxygen atoms in total. The van der Waals surface area contributed by atoms with E-state index in [9.17, 15) is 0 Å². The number of benzene rings is 1. The van der Waals surface area contributed by atoms with E-state index in [2.05, 4.69) is 65.7 Å². The van der Waals surface area contributed by atoms with E-state index in [0.717, 1.165) is 6.54 Å². The fourth-order valence-corrected chi connectivity index (χ4v) is 5.63. The molecule has 0 amide bonds. The van der Waals surface area contributed by atoms with Gasteiger partial charge in [0.2, 0.25) is 0 Å². The topological polar surface area (TPSA) is 8.81 Å². The van der Waals surface area contributed by atoms with Crippen molar-refractivity contribution < 1.29 is 4.57 Å². The van der Waals surface area contributed by atoms with Crippen molar-refractivity contribution >= 4 is 0 Å². The smallest absolute Gasteiger partial charge is 0.234 e. The maximum Gasteiger partial charge on any atom is 0.256 e. The summed E-state index contributed by atoms with van der Waals surface area (Å²) in [6.45, 7) is 6.79.